The summed E-state index contributed by atoms with van der Waals surface area (Å²) < 4.78 is 25.4. The first-order valence-electron chi connectivity index (χ1n) is 8.77. The van der Waals surface area contributed by atoms with Crippen LogP contribution >= 0.6 is 0 Å². The molecule has 6 nitrogen and oxygen atoms in total. The molecule has 7 heteroatoms. The molecule has 148 valence electrons. The number of ketones is 1. The molecule has 0 saturated carbocycles. The van der Waals surface area contributed by atoms with E-state index in [1.807, 2.05) is 42.5 Å². The van der Waals surface area contributed by atoms with Crippen LogP contribution in [0.4, 0.5) is 0 Å². The first-order valence-corrected chi connectivity index (χ1v) is 10.2. The largest absolute Gasteiger partial charge is 0.480 e. The standard InChI is InChI=1S/C22H19NO5S/c1-23(15-22(25)26)29(27,28)19-12-9-18(10-13-19)21(24)14-11-17-7-4-6-16-5-2-3-8-20(16)17/h2-14H,15H2,1H3,(H,25,26)/b14-11+. The molecule has 0 atom stereocenters. The second kappa shape index (κ2) is 8.38. The van der Waals surface area contributed by atoms with Crippen LogP contribution < -0.4 is 0 Å². The molecule has 0 heterocycles. The minimum absolute atomic E-state index is 0.0733. The Morgan fingerprint density at radius 3 is 2.31 bits per heavy atom. The maximum atomic E-state index is 12.5. The first-order chi connectivity index (χ1) is 13.8. The molecule has 1 N–H and O–H groups in total. The molecule has 0 saturated heterocycles. The molecule has 0 bridgehead atoms. The van der Waals surface area contributed by atoms with Gasteiger partial charge in [0, 0.05) is 12.6 Å². The van der Waals surface area contributed by atoms with Crippen molar-refractivity contribution in [2.24, 2.45) is 0 Å². The van der Waals surface area contributed by atoms with Crippen molar-refractivity contribution >= 4 is 38.6 Å². The molecule has 3 aromatic carbocycles. The molecule has 0 aromatic heterocycles. The lowest BCUT2D eigenvalue weighted by atomic mass is 10.0. The molecule has 0 fully saturated rings. The summed E-state index contributed by atoms with van der Waals surface area (Å²) >= 11 is 0. The van der Waals surface area contributed by atoms with Crippen molar-refractivity contribution < 1.29 is 23.1 Å². The van der Waals surface area contributed by atoms with E-state index in [1.54, 1.807) is 6.08 Å². The Morgan fingerprint density at radius 2 is 1.62 bits per heavy atom. The fraction of sp³-hybridized carbons (Fsp3) is 0.0909. The van der Waals surface area contributed by atoms with E-state index < -0.39 is 22.5 Å². The second-order valence-electron chi connectivity index (χ2n) is 6.45. The van der Waals surface area contributed by atoms with Crippen LogP contribution in [0.3, 0.4) is 0 Å². The van der Waals surface area contributed by atoms with Crippen LogP contribution in [0.15, 0.2) is 77.7 Å². The predicted octanol–water partition coefficient (Wildman–Crippen LogP) is 3.44. The van der Waals surface area contributed by atoms with Gasteiger partial charge >= 0.3 is 5.97 Å². The van der Waals surface area contributed by atoms with Gasteiger partial charge in [0.05, 0.1) is 4.90 Å². The Bertz CT molecular complexity index is 1190. The lowest BCUT2D eigenvalue weighted by Gasteiger charge is -2.14. The highest BCUT2D eigenvalue weighted by Gasteiger charge is 2.22. The second-order valence-corrected chi connectivity index (χ2v) is 8.49. The quantitative estimate of drug-likeness (QED) is 0.477. The third-order valence-electron chi connectivity index (χ3n) is 4.44. The number of carboxylic acids is 1. The van der Waals surface area contributed by atoms with Crippen molar-refractivity contribution in [3.63, 3.8) is 0 Å². The molecule has 0 aliphatic heterocycles. The number of nitrogens with zero attached hydrogens (tertiary/aromatic N) is 1. The lowest BCUT2D eigenvalue weighted by Crippen LogP contribution is -2.32. The normalized spacial score (nSPS) is 11.9. The van der Waals surface area contributed by atoms with Crippen LogP contribution in [0.5, 0.6) is 0 Å². The third kappa shape index (κ3) is 4.59. The predicted molar refractivity (Wildman–Crippen MR) is 111 cm³/mol. The molecule has 3 aromatic rings. The number of carbonyl (C=O) groups excluding carboxylic acids is 1. The number of carboxylic acid groups (broad SMARTS) is 1. The number of rotatable bonds is 7. The van der Waals surface area contributed by atoms with Gasteiger partial charge in [0.25, 0.3) is 0 Å². The van der Waals surface area contributed by atoms with Gasteiger partial charge in [-0.2, -0.15) is 4.31 Å². The Hall–Kier alpha value is -3.29. The topological polar surface area (TPSA) is 91.8 Å². The average Bonchev–Trinajstić information content (AvgIpc) is 2.71. The Labute approximate surface area is 168 Å². The van der Waals surface area contributed by atoms with Gasteiger partial charge in [0.2, 0.25) is 10.0 Å². The summed E-state index contributed by atoms with van der Waals surface area (Å²) in [5.74, 6) is -1.51. The van der Waals surface area contributed by atoms with E-state index in [4.69, 9.17) is 5.11 Å². The van der Waals surface area contributed by atoms with Gasteiger partial charge in [-0.05, 0) is 46.7 Å². The smallest absolute Gasteiger partial charge is 0.318 e. The van der Waals surface area contributed by atoms with Crippen LogP contribution in [-0.2, 0) is 14.8 Å². The number of fused-ring (bicyclic) bond motifs is 1. The molecule has 0 spiro atoms. The van der Waals surface area contributed by atoms with Gasteiger partial charge in [0.1, 0.15) is 6.54 Å². The molecule has 0 aliphatic rings. The van der Waals surface area contributed by atoms with Crippen molar-refractivity contribution in [3.8, 4) is 0 Å². The van der Waals surface area contributed by atoms with Gasteiger partial charge in [-0.15, -0.1) is 0 Å². The number of allylic oxidation sites excluding steroid dienone is 1. The number of hydrogen-bond donors (Lipinski definition) is 1. The average molecular weight is 409 g/mol. The van der Waals surface area contributed by atoms with E-state index >= 15 is 0 Å². The van der Waals surface area contributed by atoms with Crippen LogP contribution in [0.1, 0.15) is 15.9 Å². The zero-order valence-corrected chi connectivity index (χ0v) is 16.5. The molecule has 0 amide bonds. The highest BCUT2D eigenvalue weighted by atomic mass is 32.2. The van der Waals surface area contributed by atoms with Gasteiger partial charge in [-0.3, -0.25) is 9.59 Å². The minimum atomic E-state index is -3.93. The summed E-state index contributed by atoms with van der Waals surface area (Å²) in [6.07, 6.45) is 3.18. The fourth-order valence-corrected chi connectivity index (χ4v) is 4.02. The Kier molecular flexibility index (Phi) is 5.91. The molecule has 0 unspecified atom stereocenters. The van der Waals surface area contributed by atoms with Crippen LogP contribution in [0.25, 0.3) is 16.8 Å². The zero-order chi connectivity index (χ0) is 21.0. The van der Waals surface area contributed by atoms with Crippen LogP contribution in [0.2, 0.25) is 0 Å². The van der Waals surface area contributed by atoms with Crippen LogP contribution in [-0.4, -0.2) is 43.2 Å². The van der Waals surface area contributed by atoms with E-state index in [1.165, 1.54) is 37.4 Å². The summed E-state index contributed by atoms with van der Waals surface area (Å²) in [5.41, 5.74) is 1.24. The highest BCUT2D eigenvalue weighted by Crippen LogP contribution is 2.20. The minimum Gasteiger partial charge on any atom is -0.480 e. The van der Waals surface area contributed by atoms with E-state index in [9.17, 15) is 18.0 Å². The van der Waals surface area contributed by atoms with E-state index in [-0.39, 0.29) is 10.7 Å². The third-order valence-corrected chi connectivity index (χ3v) is 6.26. The summed E-state index contributed by atoms with van der Waals surface area (Å²) in [4.78, 5) is 23.1. The van der Waals surface area contributed by atoms with Crippen molar-refractivity contribution in [2.45, 2.75) is 4.90 Å². The SMILES string of the molecule is CN(CC(=O)O)S(=O)(=O)c1ccc(C(=O)/C=C/c2cccc3ccccc23)cc1. The number of hydrogen-bond acceptors (Lipinski definition) is 4. The number of likely N-dealkylation sites (N-methyl/N-ethyl adjacent to an activating group) is 1. The number of aliphatic carboxylic acids is 1. The molecular weight excluding hydrogens is 390 g/mol. The first kappa shape index (κ1) is 20.4. The van der Waals surface area contributed by atoms with E-state index in [2.05, 4.69) is 0 Å². The summed E-state index contributed by atoms with van der Waals surface area (Å²) in [6, 6.07) is 19.1. The molecule has 29 heavy (non-hydrogen) atoms. The van der Waals surface area contributed by atoms with E-state index in [0.717, 1.165) is 20.6 Å². The molecule has 0 radical (unpaired) electrons. The monoisotopic (exact) mass is 409 g/mol. The number of carbonyl (C=O) groups is 2. The Balaban J connectivity index is 1.80. The Morgan fingerprint density at radius 1 is 0.966 bits per heavy atom. The summed E-state index contributed by atoms with van der Waals surface area (Å²) in [5, 5.41) is 10.9. The van der Waals surface area contributed by atoms with Gasteiger partial charge in [0.15, 0.2) is 5.78 Å². The number of sulfonamides is 1. The lowest BCUT2D eigenvalue weighted by molar-refractivity contribution is -0.137. The molecule has 3 rings (SSSR count). The van der Waals surface area contributed by atoms with Crippen LogP contribution in [0, 0.1) is 0 Å². The van der Waals surface area contributed by atoms with Crippen molar-refractivity contribution in [1.82, 2.24) is 4.31 Å². The summed E-state index contributed by atoms with van der Waals surface area (Å²) in [6.45, 7) is -0.642. The summed E-state index contributed by atoms with van der Waals surface area (Å²) in [7, 11) is -2.74. The van der Waals surface area contributed by atoms with Gasteiger partial charge in [-0.1, -0.05) is 48.5 Å². The van der Waals surface area contributed by atoms with Crippen molar-refractivity contribution in [1.29, 1.82) is 0 Å². The maximum Gasteiger partial charge on any atom is 0.318 e. The van der Waals surface area contributed by atoms with Crippen molar-refractivity contribution in [2.75, 3.05) is 13.6 Å². The van der Waals surface area contributed by atoms with Crippen molar-refractivity contribution in [3.05, 3.63) is 83.9 Å². The van der Waals surface area contributed by atoms with Gasteiger partial charge in [-0.25, -0.2) is 8.42 Å². The fourth-order valence-electron chi connectivity index (χ4n) is 2.90. The highest BCUT2D eigenvalue weighted by molar-refractivity contribution is 7.89. The molecular formula is C22H19NO5S. The number of benzene rings is 3. The van der Waals surface area contributed by atoms with Gasteiger partial charge < -0.3 is 5.11 Å². The molecule has 0 aliphatic carbocycles. The maximum absolute atomic E-state index is 12.5. The van der Waals surface area contributed by atoms with E-state index in [0.29, 0.717) is 5.56 Å². The zero-order valence-electron chi connectivity index (χ0n) is 15.6.